The van der Waals surface area contributed by atoms with Gasteiger partial charge in [0.1, 0.15) is 5.65 Å². The van der Waals surface area contributed by atoms with Crippen LogP contribution >= 0.6 is 0 Å². The number of carbonyl (C=O) groups is 1. The van der Waals surface area contributed by atoms with Crippen molar-refractivity contribution in [3.63, 3.8) is 0 Å². The molecule has 4 aromatic rings. The van der Waals surface area contributed by atoms with Crippen molar-refractivity contribution in [3.8, 4) is 11.4 Å². The normalized spacial score (nSPS) is 11.1. The predicted octanol–water partition coefficient (Wildman–Crippen LogP) is 3.75. The number of aryl methyl sites for hydroxylation is 1. The molecule has 27 heavy (non-hydrogen) atoms. The standard InChI is InChI=1S/C21H17N5O/c1-15-20(26-14-6-5-9-18(26)23-15)17-12-13-22-21(24-17)25-19(27)11-10-16-7-3-2-4-8-16/h2-14H,1H3,(H,22,24,25,27)/b11-10+. The van der Waals surface area contributed by atoms with Crippen molar-refractivity contribution in [2.45, 2.75) is 6.92 Å². The van der Waals surface area contributed by atoms with Gasteiger partial charge in [0.2, 0.25) is 5.95 Å². The van der Waals surface area contributed by atoms with Gasteiger partial charge in [0, 0.05) is 18.5 Å². The van der Waals surface area contributed by atoms with Crippen LogP contribution in [-0.4, -0.2) is 25.3 Å². The smallest absolute Gasteiger partial charge is 0.250 e. The fourth-order valence-corrected chi connectivity index (χ4v) is 2.86. The second-order valence-corrected chi connectivity index (χ2v) is 5.97. The first-order chi connectivity index (χ1) is 13.2. The Morgan fingerprint density at radius 1 is 1.04 bits per heavy atom. The van der Waals surface area contributed by atoms with Crippen molar-refractivity contribution >= 4 is 23.6 Å². The maximum atomic E-state index is 12.2. The zero-order valence-electron chi connectivity index (χ0n) is 14.7. The minimum Gasteiger partial charge on any atom is -0.298 e. The largest absolute Gasteiger partial charge is 0.298 e. The van der Waals surface area contributed by atoms with Gasteiger partial charge in [-0.25, -0.2) is 15.0 Å². The van der Waals surface area contributed by atoms with Crippen molar-refractivity contribution < 1.29 is 4.79 Å². The van der Waals surface area contributed by atoms with Crippen LogP contribution in [0.2, 0.25) is 0 Å². The lowest BCUT2D eigenvalue weighted by Gasteiger charge is -2.05. The summed E-state index contributed by atoms with van der Waals surface area (Å²) in [6.07, 6.45) is 6.77. The van der Waals surface area contributed by atoms with Crippen molar-refractivity contribution in [1.82, 2.24) is 19.4 Å². The number of anilines is 1. The van der Waals surface area contributed by atoms with E-state index in [9.17, 15) is 4.79 Å². The third-order valence-corrected chi connectivity index (χ3v) is 4.06. The van der Waals surface area contributed by atoms with E-state index in [0.29, 0.717) is 5.69 Å². The Morgan fingerprint density at radius 3 is 2.70 bits per heavy atom. The highest BCUT2D eigenvalue weighted by atomic mass is 16.1. The van der Waals surface area contributed by atoms with Crippen LogP contribution in [0.5, 0.6) is 0 Å². The molecule has 0 saturated heterocycles. The van der Waals surface area contributed by atoms with E-state index in [1.165, 1.54) is 6.08 Å². The van der Waals surface area contributed by atoms with Crippen LogP contribution in [0.25, 0.3) is 23.1 Å². The molecule has 132 valence electrons. The van der Waals surface area contributed by atoms with Crippen molar-refractivity contribution in [2.75, 3.05) is 5.32 Å². The van der Waals surface area contributed by atoms with Crippen LogP contribution in [0.15, 0.2) is 73.1 Å². The second kappa shape index (κ2) is 7.21. The number of pyridine rings is 1. The molecule has 0 spiro atoms. The highest BCUT2D eigenvalue weighted by Gasteiger charge is 2.13. The molecule has 0 atom stereocenters. The first-order valence-electron chi connectivity index (χ1n) is 8.52. The van der Waals surface area contributed by atoms with E-state index >= 15 is 0 Å². The van der Waals surface area contributed by atoms with Gasteiger partial charge in [-0.2, -0.15) is 0 Å². The zero-order chi connectivity index (χ0) is 18.6. The molecule has 0 aliphatic rings. The number of aromatic nitrogens is 4. The molecule has 1 aromatic carbocycles. The molecule has 0 bridgehead atoms. The van der Waals surface area contributed by atoms with Crippen LogP contribution < -0.4 is 5.32 Å². The fraction of sp³-hybridized carbons (Fsp3) is 0.0476. The Hall–Kier alpha value is -3.80. The molecule has 0 aliphatic heterocycles. The topological polar surface area (TPSA) is 72.2 Å². The van der Waals surface area contributed by atoms with E-state index in [4.69, 9.17) is 0 Å². The first-order valence-corrected chi connectivity index (χ1v) is 8.52. The lowest BCUT2D eigenvalue weighted by molar-refractivity contribution is -0.111. The highest BCUT2D eigenvalue weighted by Crippen LogP contribution is 2.23. The van der Waals surface area contributed by atoms with Crippen LogP contribution in [-0.2, 0) is 4.79 Å². The van der Waals surface area contributed by atoms with E-state index in [0.717, 1.165) is 22.6 Å². The molecule has 0 unspecified atom stereocenters. The Kier molecular flexibility index (Phi) is 4.45. The number of nitrogens with zero attached hydrogens (tertiary/aromatic N) is 4. The fourth-order valence-electron chi connectivity index (χ4n) is 2.86. The quantitative estimate of drug-likeness (QED) is 0.566. The molecular weight excluding hydrogens is 338 g/mol. The summed E-state index contributed by atoms with van der Waals surface area (Å²) in [5.74, 6) is -0.0358. The van der Waals surface area contributed by atoms with E-state index in [2.05, 4.69) is 20.3 Å². The van der Waals surface area contributed by atoms with Gasteiger partial charge in [-0.1, -0.05) is 36.4 Å². The van der Waals surface area contributed by atoms with Gasteiger partial charge >= 0.3 is 0 Å². The number of carbonyl (C=O) groups excluding carboxylic acids is 1. The third kappa shape index (κ3) is 3.59. The summed E-state index contributed by atoms with van der Waals surface area (Å²) in [6, 6.07) is 17.2. The van der Waals surface area contributed by atoms with Gasteiger partial charge in [-0.05, 0) is 36.8 Å². The minimum atomic E-state index is -0.286. The predicted molar refractivity (Wildman–Crippen MR) is 105 cm³/mol. The van der Waals surface area contributed by atoms with Crippen molar-refractivity contribution in [3.05, 3.63) is 84.3 Å². The van der Waals surface area contributed by atoms with Gasteiger partial charge in [-0.15, -0.1) is 0 Å². The molecule has 3 heterocycles. The third-order valence-electron chi connectivity index (χ3n) is 4.06. The number of imidazole rings is 1. The summed E-state index contributed by atoms with van der Waals surface area (Å²) in [4.78, 5) is 25.3. The average Bonchev–Trinajstić information content (AvgIpc) is 3.03. The van der Waals surface area contributed by atoms with Gasteiger partial charge in [0.05, 0.1) is 17.1 Å². The van der Waals surface area contributed by atoms with E-state index in [1.54, 1.807) is 18.3 Å². The summed E-state index contributed by atoms with van der Waals surface area (Å²) in [7, 11) is 0. The van der Waals surface area contributed by atoms with E-state index in [1.807, 2.05) is 66.1 Å². The summed E-state index contributed by atoms with van der Waals surface area (Å²) in [6.45, 7) is 1.94. The number of fused-ring (bicyclic) bond motifs is 1. The highest BCUT2D eigenvalue weighted by molar-refractivity contribution is 6.01. The molecule has 0 fully saturated rings. The van der Waals surface area contributed by atoms with Crippen LogP contribution in [0.4, 0.5) is 5.95 Å². The number of hydrogen-bond acceptors (Lipinski definition) is 4. The molecule has 1 amide bonds. The van der Waals surface area contributed by atoms with Crippen molar-refractivity contribution in [2.24, 2.45) is 0 Å². The molecule has 6 nitrogen and oxygen atoms in total. The Labute approximate surface area is 156 Å². The summed E-state index contributed by atoms with van der Waals surface area (Å²) >= 11 is 0. The molecule has 0 aliphatic carbocycles. The van der Waals surface area contributed by atoms with Gasteiger partial charge in [0.15, 0.2) is 0 Å². The van der Waals surface area contributed by atoms with Gasteiger partial charge < -0.3 is 0 Å². The maximum absolute atomic E-state index is 12.2. The molecule has 0 radical (unpaired) electrons. The number of amides is 1. The Balaban J connectivity index is 1.58. The van der Waals surface area contributed by atoms with E-state index in [-0.39, 0.29) is 11.9 Å². The minimum absolute atomic E-state index is 0.250. The molecule has 3 aromatic heterocycles. The first kappa shape index (κ1) is 16.7. The van der Waals surface area contributed by atoms with Crippen LogP contribution in [0, 0.1) is 6.92 Å². The lowest BCUT2D eigenvalue weighted by Crippen LogP contribution is -2.11. The lowest BCUT2D eigenvalue weighted by atomic mass is 10.2. The SMILES string of the molecule is Cc1nc2ccccn2c1-c1ccnc(NC(=O)/C=C/c2ccccc2)n1. The molecule has 6 heteroatoms. The Morgan fingerprint density at radius 2 is 1.85 bits per heavy atom. The number of benzene rings is 1. The molecule has 4 rings (SSSR count). The second-order valence-electron chi connectivity index (χ2n) is 5.97. The van der Waals surface area contributed by atoms with Gasteiger partial charge in [-0.3, -0.25) is 14.5 Å². The number of nitrogens with one attached hydrogen (secondary N) is 1. The zero-order valence-corrected chi connectivity index (χ0v) is 14.7. The van der Waals surface area contributed by atoms with E-state index < -0.39 is 0 Å². The van der Waals surface area contributed by atoms with Gasteiger partial charge in [0.25, 0.3) is 5.91 Å². The Bertz CT molecular complexity index is 1130. The van der Waals surface area contributed by atoms with Crippen LogP contribution in [0.3, 0.4) is 0 Å². The average molecular weight is 355 g/mol. The molecule has 0 saturated carbocycles. The molecule has 1 N–H and O–H groups in total. The summed E-state index contributed by atoms with van der Waals surface area (Å²) < 4.78 is 1.97. The van der Waals surface area contributed by atoms with Crippen molar-refractivity contribution in [1.29, 1.82) is 0 Å². The van der Waals surface area contributed by atoms with Crippen LogP contribution in [0.1, 0.15) is 11.3 Å². The number of hydrogen-bond donors (Lipinski definition) is 1. The number of rotatable bonds is 4. The monoisotopic (exact) mass is 355 g/mol. The maximum Gasteiger partial charge on any atom is 0.250 e. The summed E-state index contributed by atoms with van der Waals surface area (Å²) in [5, 5.41) is 2.70. The summed E-state index contributed by atoms with van der Waals surface area (Å²) in [5.41, 5.74) is 4.23. The molecular formula is C21H17N5O.